The number of hydrogen-bond donors (Lipinski definition) is 2. The molecule has 3 amide bonds. The smallest absolute Gasteiger partial charge is 0.322 e. The van der Waals surface area contributed by atoms with Gasteiger partial charge < -0.3 is 15.0 Å². The van der Waals surface area contributed by atoms with Crippen molar-refractivity contribution in [1.29, 1.82) is 0 Å². The fourth-order valence-electron chi connectivity index (χ4n) is 3.61. The number of urea groups is 1. The number of carbonyl (C=O) groups excluding carboxylic acids is 2. The Balaban J connectivity index is 1.40. The van der Waals surface area contributed by atoms with E-state index in [1.54, 1.807) is 12.0 Å². The molecule has 0 bridgehead atoms. The van der Waals surface area contributed by atoms with Gasteiger partial charge in [-0.05, 0) is 74.2 Å². The van der Waals surface area contributed by atoms with E-state index in [2.05, 4.69) is 20.8 Å². The molecule has 2 aromatic carbocycles. The molecule has 2 heterocycles. The van der Waals surface area contributed by atoms with Gasteiger partial charge in [-0.2, -0.15) is 0 Å². The third-order valence-electron chi connectivity index (χ3n) is 5.57. The highest BCUT2D eigenvalue weighted by atomic mass is 32.1. The van der Waals surface area contributed by atoms with Crippen LogP contribution >= 0.6 is 11.3 Å². The molecular weight excluding hydrogens is 426 g/mol. The Hall–Kier alpha value is -3.46. The second-order valence-corrected chi connectivity index (χ2v) is 8.69. The number of ether oxygens (including phenoxy) is 1. The zero-order chi connectivity index (χ0) is 22.7. The number of aryl methyl sites for hydroxylation is 2. The van der Waals surface area contributed by atoms with Crippen molar-refractivity contribution >= 4 is 34.1 Å². The fourth-order valence-corrected chi connectivity index (χ4v) is 4.36. The summed E-state index contributed by atoms with van der Waals surface area (Å²) in [4.78, 5) is 27.3. The van der Waals surface area contributed by atoms with E-state index >= 15 is 0 Å². The molecule has 0 radical (unpaired) electrons. The molecule has 1 fully saturated rings. The summed E-state index contributed by atoms with van der Waals surface area (Å²) in [6, 6.07) is 12.4. The summed E-state index contributed by atoms with van der Waals surface area (Å²) in [7, 11) is 1.61. The normalized spacial score (nSPS) is 15.5. The highest BCUT2D eigenvalue weighted by Crippen LogP contribution is 2.29. The quantitative estimate of drug-likeness (QED) is 0.597. The lowest BCUT2D eigenvalue weighted by molar-refractivity contribution is -0.119. The number of carbonyl (C=O) groups is 2. The molecule has 3 aromatic rings. The number of hydrogen-bond acceptors (Lipinski definition) is 6. The zero-order valence-electron chi connectivity index (χ0n) is 18.2. The van der Waals surface area contributed by atoms with Gasteiger partial charge in [-0.25, -0.2) is 4.79 Å². The van der Waals surface area contributed by atoms with E-state index in [-0.39, 0.29) is 11.9 Å². The summed E-state index contributed by atoms with van der Waals surface area (Å²) < 4.78 is 5.17. The van der Waals surface area contributed by atoms with Crippen LogP contribution in [0.3, 0.4) is 0 Å². The van der Waals surface area contributed by atoms with Gasteiger partial charge in [-0.1, -0.05) is 17.4 Å². The molecule has 0 saturated carbocycles. The Labute approximate surface area is 190 Å². The van der Waals surface area contributed by atoms with Crippen molar-refractivity contribution < 1.29 is 14.3 Å². The van der Waals surface area contributed by atoms with Crippen molar-refractivity contribution in [3.63, 3.8) is 0 Å². The molecule has 0 spiro atoms. The number of likely N-dealkylation sites (tertiary alicyclic amines) is 1. The van der Waals surface area contributed by atoms with E-state index in [0.29, 0.717) is 23.1 Å². The Bertz CT molecular complexity index is 1130. The molecule has 2 N–H and O–H groups in total. The predicted molar refractivity (Wildman–Crippen MR) is 125 cm³/mol. The van der Waals surface area contributed by atoms with E-state index in [1.165, 1.54) is 11.3 Å². The standard InChI is InChI=1S/C23H25N5O3S/c1-14-6-9-17(13-15(14)2)24-23(30)28-12-4-5-19(28)20(29)25-22-27-26-21(32-22)16-7-10-18(31-3)11-8-16/h6-11,13,19H,4-5,12H2,1-3H3,(H,24,30)(H,25,27,29). The Morgan fingerprint density at radius 1 is 1.06 bits per heavy atom. The van der Waals surface area contributed by atoms with Gasteiger partial charge in [0.2, 0.25) is 11.0 Å². The molecule has 1 unspecified atom stereocenters. The first kappa shape index (κ1) is 21.8. The van der Waals surface area contributed by atoms with Gasteiger partial charge in [-0.3, -0.25) is 10.1 Å². The summed E-state index contributed by atoms with van der Waals surface area (Å²) in [6.07, 6.45) is 1.38. The monoisotopic (exact) mass is 451 g/mol. The third-order valence-corrected chi connectivity index (χ3v) is 6.45. The fraction of sp³-hybridized carbons (Fsp3) is 0.304. The van der Waals surface area contributed by atoms with E-state index in [9.17, 15) is 9.59 Å². The van der Waals surface area contributed by atoms with Gasteiger partial charge in [0.1, 0.15) is 16.8 Å². The minimum atomic E-state index is -0.546. The third kappa shape index (κ3) is 4.72. The highest BCUT2D eigenvalue weighted by Gasteiger charge is 2.34. The summed E-state index contributed by atoms with van der Waals surface area (Å²) in [5.41, 5.74) is 3.87. The molecule has 9 heteroatoms. The molecule has 8 nitrogen and oxygen atoms in total. The minimum absolute atomic E-state index is 0.254. The maximum Gasteiger partial charge on any atom is 0.322 e. The molecule has 166 valence electrons. The van der Waals surface area contributed by atoms with E-state index < -0.39 is 6.04 Å². The van der Waals surface area contributed by atoms with Gasteiger partial charge in [0.05, 0.1) is 7.11 Å². The van der Waals surface area contributed by atoms with Crippen LogP contribution in [0.15, 0.2) is 42.5 Å². The summed E-state index contributed by atoms with van der Waals surface area (Å²) in [6.45, 7) is 4.55. The lowest BCUT2D eigenvalue weighted by atomic mass is 10.1. The molecule has 32 heavy (non-hydrogen) atoms. The van der Waals surface area contributed by atoms with Crippen molar-refractivity contribution in [2.75, 3.05) is 24.3 Å². The molecule has 1 saturated heterocycles. The van der Waals surface area contributed by atoms with Crippen LogP contribution in [-0.4, -0.2) is 46.7 Å². The first-order chi connectivity index (χ1) is 15.4. The van der Waals surface area contributed by atoms with Crippen molar-refractivity contribution in [2.45, 2.75) is 32.7 Å². The number of aromatic nitrogens is 2. The molecule has 1 atom stereocenters. The molecule has 1 aliphatic rings. The molecule has 1 aromatic heterocycles. The minimum Gasteiger partial charge on any atom is -0.497 e. The molecule has 0 aliphatic carbocycles. The Morgan fingerprint density at radius 3 is 2.56 bits per heavy atom. The number of nitrogens with zero attached hydrogens (tertiary/aromatic N) is 3. The second kappa shape index (κ2) is 9.35. The SMILES string of the molecule is COc1ccc(-c2nnc(NC(=O)C3CCCN3C(=O)Nc3ccc(C)c(C)c3)s2)cc1. The average Bonchev–Trinajstić information content (AvgIpc) is 3.46. The van der Waals surface area contributed by atoms with Crippen LogP contribution in [0, 0.1) is 13.8 Å². The lowest BCUT2D eigenvalue weighted by Gasteiger charge is -2.24. The Kier molecular flexibility index (Phi) is 6.36. The first-order valence-electron chi connectivity index (χ1n) is 10.4. The summed E-state index contributed by atoms with van der Waals surface area (Å²) in [5.74, 6) is 0.502. The number of benzene rings is 2. The van der Waals surface area contributed by atoms with Crippen LogP contribution in [0.25, 0.3) is 10.6 Å². The van der Waals surface area contributed by atoms with Crippen molar-refractivity contribution in [1.82, 2.24) is 15.1 Å². The number of rotatable bonds is 5. The van der Waals surface area contributed by atoms with Gasteiger partial charge in [0.15, 0.2) is 0 Å². The van der Waals surface area contributed by atoms with Crippen LogP contribution in [0.1, 0.15) is 24.0 Å². The largest absolute Gasteiger partial charge is 0.497 e. The van der Waals surface area contributed by atoms with Crippen LogP contribution in [0.2, 0.25) is 0 Å². The van der Waals surface area contributed by atoms with Gasteiger partial charge >= 0.3 is 6.03 Å². The number of methoxy groups -OCH3 is 1. The summed E-state index contributed by atoms with van der Waals surface area (Å²) in [5, 5.41) is 15.1. The highest BCUT2D eigenvalue weighted by molar-refractivity contribution is 7.18. The van der Waals surface area contributed by atoms with Gasteiger partial charge in [0, 0.05) is 17.8 Å². The average molecular weight is 452 g/mol. The van der Waals surface area contributed by atoms with Crippen LogP contribution in [0.4, 0.5) is 15.6 Å². The maximum atomic E-state index is 12.9. The first-order valence-corrected chi connectivity index (χ1v) is 11.2. The lowest BCUT2D eigenvalue weighted by Crippen LogP contribution is -2.45. The van der Waals surface area contributed by atoms with Crippen molar-refractivity contribution in [2.24, 2.45) is 0 Å². The van der Waals surface area contributed by atoms with E-state index in [4.69, 9.17) is 4.74 Å². The number of anilines is 2. The number of amides is 3. The van der Waals surface area contributed by atoms with Crippen LogP contribution in [-0.2, 0) is 4.79 Å². The summed E-state index contributed by atoms with van der Waals surface area (Å²) >= 11 is 1.29. The molecular formula is C23H25N5O3S. The molecule has 4 rings (SSSR count). The van der Waals surface area contributed by atoms with Crippen LogP contribution in [0.5, 0.6) is 5.75 Å². The van der Waals surface area contributed by atoms with Crippen molar-refractivity contribution in [3.8, 4) is 16.3 Å². The topological polar surface area (TPSA) is 96.5 Å². The van der Waals surface area contributed by atoms with Gasteiger partial charge in [-0.15, -0.1) is 10.2 Å². The Morgan fingerprint density at radius 2 is 1.84 bits per heavy atom. The van der Waals surface area contributed by atoms with E-state index in [1.807, 2.05) is 56.3 Å². The maximum absolute atomic E-state index is 12.9. The zero-order valence-corrected chi connectivity index (χ0v) is 19.0. The van der Waals surface area contributed by atoms with Gasteiger partial charge in [0.25, 0.3) is 0 Å². The molecule has 1 aliphatic heterocycles. The number of nitrogens with one attached hydrogen (secondary N) is 2. The van der Waals surface area contributed by atoms with Crippen LogP contribution < -0.4 is 15.4 Å². The second-order valence-electron chi connectivity index (χ2n) is 7.71. The van der Waals surface area contributed by atoms with Crippen molar-refractivity contribution in [3.05, 3.63) is 53.6 Å². The van der Waals surface area contributed by atoms with E-state index in [0.717, 1.165) is 34.5 Å². The predicted octanol–water partition coefficient (Wildman–Crippen LogP) is 4.47.